The molecule has 0 aliphatic carbocycles. The second-order valence-electron chi connectivity index (χ2n) is 10.1. The van der Waals surface area contributed by atoms with E-state index in [4.69, 9.17) is 9.47 Å². The van der Waals surface area contributed by atoms with E-state index in [1.165, 1.54) is 62.5 Å². The average molecular weight is 579 g/mol. The molecule has 0 aliphatic heterocycles. The van der Waals surface area contributed by atoms with E-state index in [0.717, 1.165) is 25.7 Å². The fourth-order valence-corrected chi connectivity index (χ4v) is 4.35. The Kier molecular flexibility index (Phi) is 20.7. The predicted octanol–water partition coefficient (Wildman–Crippen LogP) is 10.2. The Hall–Kier alpha value is -3.05. The van der Waals surface area contributed by atoms with Gasteiger partial charge in [-0.2, -0.15) is 13.5 Å². The van der Waals surface area contributed by atoms with Gasteiger partial charge in [0.1, 0.15) is 0 Å². The van der Waals surface area contributed by atoms with E-state index in [-0.39, 0.29) is 13.5 Å². The first-order chi connectivity index (χ1) is 19.7. The van der Waals surface area contributed by atoms with Crippen molar-refractivity contribution in [1.29, 1.82) is 0 Å². The third kappa shape index (κ3) is 15.5. The Labute approximate surface area is 255 Å². The van der Waals surface area contributed by atoms with Crippen molar-refractivity contribution in [2.24, 2.45) is 0 Å². The molecule has 0 heterocycles. The van der Waals surface area contributed by atoms with E-state index in [1.807, 2.05) is 12.1 Å². The van der Waals surface area contributed by atoms with Crippen molar-refractivity contribution in [1.82, 2.24) is 0 Å². The molecule has 41 heavy (non-hydrogen) atoms. The van der Waals surface area contributed by atoms with Gasteiger partial charge in [-0.3, -0.25) is 0 Å². The maximum atomic E-state index is 12.4. The summed E-state index contributed by atoms with van der Waals surface area (Å²) in [6.07, 6.45) is 13.6. The van der Waals surface area contributed by atoms with E-state index in [0.29, 0.717) is 24.3 Å². The normalized spacial score (nSPS) is 10.1. The number of esters is 2. The molecule has 0 N–H and O–H groups in total. The summed E-state index contributed by atoms with van der Waals surface area (Å²) in [7, 11) is 0. The fourth-order valence-electron chi connectivity index (χ4n) is 4.35. The van der Waals surface area contributed by atoms with E-state index in [9.17, 15) is 9.59 Å². The zero-order chi connectivity index (χ0) is 28.7. The van der Waals surface area contributed by atoms with Crippen LogP contribution in [0.15, 0.2) is 84.9 Å². The van der Waals surface area contributed by atoms with Crippen LogP contribution in [0.5, 0.6) is 0 Å². The molecule has 3 rings (SSSR count). The van der Waals surface area contributed by atoms with Gasteiger partial charge in [-0.25, -0.2) is 9.59 Å². The second kappa shape index (κ2) is 23.6. The van der Waals surface area contributed by atoms with E-state index >= 15 is 0 Å². The van der Waals surface area contributed by atoms with Gasteiger partial charge in [0, 0.05) is 0 Å². The van der Waals surface area contributed by atoms with Crippen molar-refractivity contribution in [2.45, 2.75) is 90.9 Å². The molecule has 0 unspecified atom stereocenters. The van der Waals surface area contributed by atoms with E-state index in [1.54, 1.807) is 24.3 Å². The van der Waals surface area contributed by atoms with Gasteiger partial charge < -0.3 is 9.47 Å². The van der Waals surface area contributed by atoms with Gasteiger partial charge in [0.05, 0.1) is 24.3 Å². The standard InChI is InChI=1S/C24H38O4.C12H10.H2S/c1-3-5-7-9-11-15-19-27-23(25)21-17-13-14-18-22(21)24(26)28-20-16-12-10-8-6-4-2;1-3-7-11(8-4-1)12-9-5-2-6-10-12;/h13-14,17-18H,3-12,15-16,19-20H2,1-2H3;1-10H;1H2. The molecule has 224 valence electrons. The summed E-state index contributed by atoms with van der Waals surface area (Å²) in [5.41, 5.74) is 3.14. The number of carbonyl (C=O) groups is 2. The maximum Gasteiger partial charge on any atom is 0.339 e. The number of carbonyl (C=O) groups excluding carboxylic acids is 2. The van der Waals surface area contributed by atoms with Crippen LogP contribution in [0.4, 0.5) is 0 Å². The van der Waals surface area contributed by atoms with Crippen LogP contribution in [0, 0.1) is 0 Å². The first-order valence-corrected chi connectivity index (χ1v) is 15.2. The molecule has 0 saturated carbocycles. The molecule has 5 heteroatoms. The van der Waals surface area contributed by atoms with Crippen molar-refractivity contribution < 1.29 is 19.1 Å². The molecule has 0 bridgehead atoms. The number of benzene rings is 3. The zero-order valence-electron chi connectivity index (χ0n) is 25.1. The van der Waals surface area contributed by atoms with Crippen LogP contribution in [0.3, 0.4) is 0 Å². The van der Waals surface area contributed by atoms with Crippen LogP contribution in [-0.4, -0.2) is 25.2 Å². The van der Waals surface area contributed by atoms with Gasteiger partial charge in [-0.15, -0.1) is 0 Å². The zero-order valence-corrected chi connectivity index (χ0v) is 26.1. The quantitative estimate of drug-likeness (QED) is 0.118. The predicted molar refractivity (Wildman–Crippen MR) is 176 cm³/mol. The number of ether oxygens (including phenoxy) is 2. The Morgan fingerprint density at radius 2 is 0.780 bits per heavy atom. The number of hydrogen-bond donors (Lipinski definition) is 0. The Balaban J connectivity index is 0.000000533. The Morgan fingerprint density at radius 3 is 1.15 bits per heavy atom. The topological polar surface area (TPSA) is 52.6 Å². The number of hydrogen-bond acceptors (Lipinski definition) is 4. The molecule has 0 fully saturated rings. The molecule has 0 aliphatic rings. The second-order valence-corrected chi connectivity index (χ2v) is 10.1. The lowest BCUT2D eigenvalue weighted by Gasteiger charge is -2.10. The van der Waals surface area contributed by atoms with Crippen molar-refractivity contribution in [3.8, 4) is 11.1 Å². The summed E-state index contributed by atoms with van der Waals surface area (Å²) in [4.78, 5) is 24.7. The molecule has 4 nitrogen and oxygen atoms in total. The van der Waals surface area contributed by atoms with Gasteiger partial charge in [0.2, 0.25) is 0 Å². The van der Waals surface area contributed by atoms with Gasteiger partial charge in [0.25, 0.3) is 0 Å². The first kappa shape index (κ1) is 36.0. The third-order valence-corrected chi connectivity index (χ3v) is 6.71. The molecule has 0 radical (unpaired) electrons. The minimum absolute atomic E-state index is 0. The molecule has 0 aromatic heterocycles. The minimum atomic E-state index is -0.444. The van der Waals surface area contributed by atoms with Crippen LogP contribution in [0.1, 0.15) is 112 Å². The Bertz CT molecular complexity index is 983. The van der Waals surface area contributed by atoms with Crippen LogP contribution in [0.25, 0.3) is 11.1 Å². The van der Waals surface area contributed by atoms with Gasteiger partial charge in [-0.05, 0) is 36.1 Å². The molecule has 3 aromatic rings. The summed E-state index contributed by atoms with van der Waals surface area (Å²) >= 11 is 0. The highest BCUT2D eigenvalue weighted by Crippen LogP contribution is 2.17. The average Bonchev–Trinajstić information content (AvgIpc) is 3.01. The third-order valence-electron chi connectivity index (χ3n) is 6.71. The van der Waals surface area contributed by atoms with Crippen molar-refractivity contribution in [3.05, 3.63) is 96.1 Å². The Morgan fingerprint density at radius 1 is 0.463 bits per heavy atom. The SMILES string of the molecule is CCCCCCCCOC(=O)c1ccccc1C(=O)OCCCCCCCC.S.c1ccc(-c2ccccc2)cc1. The minimum Gasteiger partial charge on any atom is -0.462 e. The molecule has 0 saturated heterocycles. The van der Waals surface area contributed by atoms with Crippen LogP contribution < -0.4 is 0 Å². The monoisotopic (exact) mass is 578 g/mol. The molecule has 0 spiro atoms. The van der Waals surface area contributed by atoms with Crippen molar-refractivity contribution in [2.75, 3.05) is 13.2 Å². The lowest BCUT2D eigenvalue weighted by molar-refractivity contribution is 0.0450. The summed E-state index contributed by atoms with van der Waals surface area (Å²) < 4.78 is 10.7. The highest BCUT2D eigenvalue weighted by molar-refractivity contribution is 7.59. The molecule has 3 aromatic carbocycles. The molecule has 0 amide bonds. The van der Waals surface area contributed by atoms with Crippen molar-refractivity contribution >= 4 is 25.4 Å². The van der Waals surface area contributed by atoms with Gasteiger partial charge in [-0.1, -0.05) is 151 Å². The lowest BCUT2D eigenvalue weighted by atomic mass is 10.1. The van der Waals surface area contributed by atoms with Gasteiger partial charge in [0.15, 0.2) is 0 Å². The summed E-state index contributed by atoms with van der Waals surface area (Å²) in [6.45, 7) is 5.17. The lowest BCUT2D eigenvalue weighted by Crippen LogP contribution is -2.15. The van der Waals surface area contributed by atoms with Crippen LogP contribution in [0.2, 0.25) is 0 Å². The highest BCUT2D eigenvalue weighted by atomic mass is 32.1. The first-order valence-electron chi connectivity index (χ1n) is 15.2. The highest BCUT2D eigenvalue weighted by Gasteiger charge is 2.18. The van der Waals surface area contributed by atoms with E-state index in [2.05, 4.69) is 62.4 Å². The summed E-state index contributed by atoms with van der Waals surface area (Å²) in [5.74, 6) is -0.888. The van der Waals surface area contributed by atoms with E-state index < -0.39 is 11.9 Å². The largest absolute Gasteiger partial charge is 0.462 e. The summed E-state index contributed by atoms with van der Waals surface area (Å²) in [6, 6.07) is 27.5. The summed E-state index contributed by atoms with van der Waals surface area (Å²) in [5, 5.41) is 0. The maximum absolute atomic E-state index is 12.4. The molecular formula is C36H50O4S. The molecular weight excluding hydrogens is 528 g/mol. The number of rotatable bonds is 17. The number of unbranched alkanes of at least 4 members (excludes halogenated alkanes) is 10. The smallest absolute Gasteiger partial charge is 0.339 e. The van der Waals surface area contributed by atoms with Crippen LogP contribution >= 0.6 is 13.5 Å². The van der Waals surface area contributed by atoms with Gasteiger partial charge >= 0.3 is 11.9 Å². The fraction of sp³-hybridized carbons (Fsp3) is 0.444. The molecule has 0 atom stereocenters. The van der Waals surface area contributed by atoms with Crippen LogP contribution in [-0.2, 0) is 9.47 Å². The van der Waals surface area contributed by atoms with Crippen molar-refractivity contribution in [3.63, 3.8) is 0 Å².